The van der Waals surface area contributed by atoms with E-state index >= 15 is 0 Å². The second-order valence-corrected chi connectivity index (χ2v) is 11.0. The van der Waals surface area contributed by atoms with Crippen molar-refractivity contribution in [3.8, 4) is 11.5 Å². The molecule has 1 N–H and O–H groups in total. The first-order valence-corrected chi connectivity index (χ1v) is 14.1. The molecule has 2 atom stereocenters. The lowest BCUT2D eigenvalue weighted by atomic mass is 9.94. The molecule has 3 heterocycles. The summed E-state index contributed by atoms with van der Waals surface area (Å²) in [7, 11) is 0. The van der Waals surface area contributed by atoms with Crippen molar-refractivity contribution in [2.75, 3.05) is 11.5 Å². The molecule has 0 bridgehead atoms. The van der Waals surface area contributed by atoms with E-state index < -0.39 is 23.5 Å². The molecule has 6 rings (SSSR count). The number of thiazole rings is 1. The minimum absolute atomic E-state index is 0.0114. The number of carbonyl (C=O) groups excluding carboxylic acids is 2. The van der Waals surface area contributed by atoms with E-state index in [0.29, 0.717) is 40.1 Å². The smallest absolute Gasteiger partial charge is 0.301 e. The Labute approximate surface area is 234 Å². The molecule has 7 nitrogen and oxygen atoms in total. The highest BCUT2D eigenvalue weighted by atomic mass is 32.1. The number of benzene rings is 3. The van der Waals surface area contributed by atoms with Gasteiger partial charge in [-0.1, -0.05) is 36.8 Å². The van der Waals surface area contributed by atoms with Crippen molar-refractivity contribution in [1.29, 1.82) is 0 Å². The van der Waals surface area contributed by atoms with Crippen molar-refractivity contribution >= 4 is 44.1 Å². The molecule has 0 spiro atoms. The molecule has 0 radical (unpaired) electrons. The molecule has 2 aliphatic rings. The lowest BCUT2D eigenvalue weighted by Crippen LogP contribution is -2.29. The monoisotopic (exact) mass is 558 g/mol. The summed E-state index contributed by atoms with van der Waals surface area (Å²) in [6, 6.07) is 15.6. The third kappa shape index (κ3) is 4.60. The van der Waals surface area contributed by atoms with Crippen LogP contribution >= 0.6 is 11.3 Å². The molecule has 2 aliphatic heterocycles. The van der Waals surface area contributed by atoms with E-state index in [-0.39, 0.29) is 22.6 Å². The van der Waals surface area contributed by atoms with Crippen LogP contribution in [0.15, 0.2) is 66.2 Å². The van der Waals surface area contributed by atoms with Gasteiger partial charge in [-0.2, -0.15) is 0 Å². The fourth-order valence-electron chi connectivity index (χ4n) is 5.17. The first-order chi connectivity index (χ1) is 19.3. The summed E-state index contributed by atoms with van der Waals surface area (Å²) >= 11 is 1.11. The van der Waals surface area contributed by atoms with Gasteiger partial charge >= 0.3 is 5.91 Å². The third-order valence-corrected chi connectivity index (χ3v) is 8.12. The molecule has 0 aliphatic carbocycles. The van der Waals surface area contributed by atoms with E-state index in [9.17, 15) is 19.1 Å². The lowest BCUT2D eigenvalue weighted by molar-refractivity contribution is -0.132. The number of hydrogen-bond donors (Lipinski definition) is 1. The summed E-state index contributed by atoms with van der Waals surface area (Å²) in [6.45, 7) is 4.56. The molecule has 204 valence electrons. The molecule has 1 aromatic heterocycles. The Morgan fingerprint density at radius 3 is 2.85 bits per heavy atom. The first-order valence-electron chi connectivity index (χ1n) is 13.2. The zero-order valence-corrected chi connectivity index (χ0v) is 22.8. The average molecular weight is 559 g/mol. The Bertz CT molecular complexity index is 1680. The van der Waals surface area contributed by atoms with Crippen molar-refractivity contribution in [3.63, 3.8) is 0 Å². The zero-order valence-electron chi connectivity index (χ0n) is 22.0. The van der Waals surface area contributed by atoms with Crippen LogP contribution in [0.2, 0.25) is 0 Å². The number of anilines is 1. The van der Waals surface area contributed by atoms with Crippen LogP contribution < -0.4 is 14.4 Å². The molecule has 4 aromatic rings. The fourth-order valence-corrected chi connectivity index (χ4v) is 6.19. The summed E-state index contributed by atoms with van der Waals surface area (Å²) < 4.78 is 26.2. The molecule has 0 saturated carbocycles. The molecule has 1 amide bonds. The van der Waals surface area contributed by atoms with Crippen LogP contribution in [0, 0.1) is 5.82 Å². The minimum atomic E-state index is -0.969. The number of aromatic nitrogens is 1. The SMILES string of the molecule is CCCCOc1cccc(C2/C(=C(/O)c3ccc4c(c3)CC(C)O4)C(=O)C(=O)N2c2nc3ccc(F)cc3s2)c1. The van der Waals surface area contributed by atoms with Gasteiger partial charge in [0.15, 0.2) is 5.13 Å². The van der Waals surface area contributed by atoms with Crippen molar-refractivity contribution in [3.05, 3.63) is 88.7 Å². The number of Topliss-reactive ketones (excluding diaryl/α,β-unsaturated/α-hetero) is 1. The van der Waals surface area contributed by atoms with Gasteiger partial charge in [0.1, 0.15) is 29.2 Å². The molecular formula is C31H27FN2O5S. The van der Waals surface area contributed by atoms with Gasteiger partial charge in [0.25, 0.3) is 5.78 Å². The number of ketones is 1. The van der Waals surface area contributed by atoms with Crippen LogP contribution in [0.4, 0.5) is 9.52 Å². The van der Waals surface area contributed by atoms with Crippen molar-refractivity contribution < 1.29 is 28.6 Å². The maximum absolute atomic E-state index is 13.9. The highest BCUT2D eigenvalue weighted by molar-refractivity contribution is 7.22. The fraction of sp³-hybridized carbons (Fsp3) is 0.258. The van der Waals surface area contributed by atoms with Crippen LogP contribution in [-0.4, -0.2) is 34.5 Å². The number of halogens is 1. The molecule has 40 heavy (non-hydrogen) atoms. The number of carbonyl (C=O) groups is 2. The van der Waals surface area contributed by atoms with Crippen LogP contribution in [0.1, 0.15) is 49.4 Å². The Kier molecular flexibility index (Phi) is 6.75. The van der Waals surface area contributed by atoms with Crippen LogP contribution in [0.3, 0.4) is 0 Å². The van der Waals surface area contributed by atoms with Crippen LogP contribution in [0.25, 0.3) is 16.0 Å². The lowest BCUT2D eigenvalue weighted by Gasteiger charge is -2.23. The number of fused-ring (bicyclic) bond motifs is 2. The van der Waals surface area contributed by atoms with Gasteiger partial charge in [-0.05, 0) is 73.0 Å². The first kappa shape index (κ1) is 26.0. The summed E-state index contributed by atoms with van der Waals surface area (Å²) in [5.74, 6) is -1.02. The van der Waals surface area contributed by atoms with E-state index in [1.165, 1.54) is 23.1 Å². The van der Waals surface area contributed by atoms with Gasteiger partial charge in [-0.25, -0.2) is 9.37 Å². The second kappa shape index (κ2) is 10.4. The van der Waals surface area contributed by atoms with Crippen molar-refractivity contribution in [2.45, 2.75) is 45.3 Å². The largest absolute Gasteiger partial charge is 0.507 e. The molecule has 3 aromatic carbocycles. The molecule has 1 fully saturated rings. The van der Waals surface area contributed by atoms with Gasteiger partial charge in [0.05, 0.1) is 28.4 Å². The maximum Gasteiger partial charge on any atom is 0.301 e. The van der Waals surface area contributed by atoms with Crippen LogP contribution in [-0.2, 0) is 16.0 Å². The number of ether oxygens (including phenoxy) is 2. The van der Waals surface area contributed by atoms with Gasteiger partial charge in [0, 0.05) is 12.0 Å². The van der Waals surface area contributed by atoms with Gasteiger partial charge in [-0.15, -0.1) is 0 Å². The minimum Gasteiger partial charge on any atom is -0.507 e. The second-order valence-electron chi connectivity index (χ2n) is 10.0. The molecular weight excluding hydrogens is 531 g/mol. The normalized spacial score (nSPS) is 19.7. The molecule has 1 saturated heterocycles. The number of aliphatic hydroxyl groups excluding tert-OH is 1. The topological polar surface area (TPSA) is 89.0 Å². The Morgan fingerprint density at radius 1 is 1.18 bits per heavy atom. The summed E-state index contributed by atoms with van der Waals surface area (Å²) in [4.78, 5) is 33.0. The quantitative estimate of drug-likeness (QED) is 0.120. The van der Waals surface area contributed by atoms with E-state index in [2.05, 4.69) is 11.9 Å². The number of unbranched alkanes of at least 4 members (excludes halogenated alkanes) is 1. The van der Waals surface area contributed by atoms with Gasteiger partial charge < -0.3 is 14.6 Å². The predicted molar refractivity (Wildman–Crippen MR) is 151 cm³/mol. The highest BCUT2D eigenvalue weighted by Gasteiger charge is 2.48. The number of hydrogen-bond acceptors (Lipinski definition) is 7. The Balaban J connectivity index is 1.50. The number of amides is 1. The standard InChI is InChI=1S/C31H27FN2O5S/c1-3-4-12-38-22-7-5-6-18(15-22)27-26(28(35)19-8-11-24-20(14-19)13-17(2)39-24)29(36)30(37)34(27)31-33-23-10-9-21(32)16-25(23)40-31/h5-11,14-17,27,35H,3-4,12-13H2,1-2H3/b28-26-. The third-order valence-electron chi connectivity index (χ3n) is 7.10. The van der Waals surface area contributed by atoms with Crippen molar-refractivity contribution in [1.82, 2.24) is 4.98 Å². The van der Waals surface area contributed by atoms with Crippen molar-refractivity contribution in [2.24, 2.45) is 0 Å². The Morgan fingerprint density at radius 2 is 2.02 bits per heavy atom. The molecule has 9 heteroatoms. The van der Waals surface area contributed by atoms with Gasteiger partial charge in [-0.3, -0.25) is 14.5 Å². The van der Waals surface area contributed by atoms with E-state index in [1.54, 1.807) is 36.4 Å². The number of rotatable bonds is 7. The average Bonchev–Trinajstić information content (AvgIpc) is 3.60. The summed E-state index contributed by atoms with van der Waals surface area (Å²) in [5, 5.41) is 11.8. The summed E-state index contributed by atoms with van der Waals surface area (Å²) in [5.41, 5.74) is 2.38. The maximum atomic E-state index is 13.9. The highest BCUT2D eigenvalue weighted by Crippen LogP contribution is 2.45. The number of aliphatic hydroxyl groups is 1. The van der Waals surface area contributed by atoms with Gasteiger partial charge in [0.2, 0.25) is 0 Å². The van der Waals surface area contributed by atoms with E-state index in [4.69, 9.17) is 9.47 Å². The number of nitrogens with zero attached hydrogens (tertiary/aromatic N) is 2. The van der Waals surface area contributed by atoms with Crippen LogP contribution in [0.5, 0.6) is 11.5 Å². The zero-order chi connectivity index (χ0) is 28.0. The summed E-state index contributed by atoms with van der Waals surface area (Å²) in [6.07, 6.45) is 2.54. The van der Waals surface area contributed by atoms with E-state index in [1.807, 2.05) is 13.0 Å². The predicted octanol–water partition coefficient (Wildman–Crippen LogP) is 6.56. The Hall–Kier alpha value is -4.24. The van der Waals surface area contributed by atoms with E-state index in [0.717, 1.165) is 35.5 Å². The molecule has 2 unspecified atom stereocenters.